The molecule has 20 rings (SSSR count). The van der Waals surface area contributed by atoms with E-state index in [0.29, 0.717) is 46.3 Å². The molecule has 4 aliphatic carbocycles. The first-order chi connectivity index (χ1) is 49.7. The summed E-state index contributed by atoms with van der Waals surface area (Å²) in [4.78, 5) is 29.6. The van der Waals surface area contributed by atoms with Crippen LogP contribution in [0.1, 0.15) is 0 Å². The van der Waals surface area contributed by atoms with Crippen LogP contribution >= 0.6 is 31.9 Å². The lowest BCUT2D eigenvalue weighted by Crippen LogP contribution is -2.31. The molecule has 8 nitrogen and oxygen atoms in total. The summed E-state index contributed by atoms with van der Waals surface area (Å²) in [7, 11) is -1.41. The second-order valence-electron chi connectivity index (χ2n) is 25.7. The Labute approximate surface area is 600 Å². The van der Waals surface area contributed by atoms with Gasteiger partial charge in [-0.15, -0.1) is 0 Å². The van der Waals surface area contributed by atoms with Gasteiger partial charge in [0, 0.05) is 54.2 Å². The third kappa shape index (κ3) is 11.5. The lowest BCUT2D eigenvalue weighted by molar-refractivity contribution is 0.418. The van der Waals surface area contributed by atoms with Crippen molar-refractivity contribution >= 4 is 104 Å². The Bertz CT molecular complexity index is 5880. The minimum atomic E-state index is -1.41. The number of hydrogen-bond acceptors (Lipinski definition) is 8. The summed E-state index contributed by atoms with van der Waals surface area (Å²) in [5.74, 6) is 4.43. The van der Waals surface area contributed by atoms with Crippen molar-refractivity contribution in [1.29, 1.82) is 0 Å². The number of allylic oxidation sites excluding steroid dienone is 14. The second kappa shape index (κ2) is 25.9. The van der Waals surface area contributed by atoms with E-state index in [1.54, 1.807) is 0 Å². The molecule has 2 atom stereocenters. The Hall–Kier alpha value is -11.7. The zero-order valence-electron chi connectivity index (χ0n) is 54.2. The highest BCUT2D eigenvalue weighted by Crippen LogP contribution is 2.50. The third-order valence-corrected chi connectivity index (χ3v) is 20.6. The molecular formula is C90H57BBr2N6O2. The van der Waals surface area contributed by atoms with E-state index in [0.717, 1.165) is 59.0 Å². The van der Waals surface area contributed by atoms with E-state index >= 15 is 0 Å². The van der Waals surface area contributed by atoms with E-state index in [2.05, 4.69) is 220 Å². The molecule has 2 aromatic heterocycles. The fourth-order valence-corrected chi connectivity index (χ4v) is 16.4. The van der Waals surface area contributed by atoms with Crippen LogP contribution in [0.4, 0.5) is 0 Å². The molecule has 0 saturated carbocycles. The van der Waals surface area contributed by atoms with Gasteiger partial charge in [0.05, 0.1) is 0 Å². The average Bonchev–Trinajstić information content (AvgIpc) is 0.743. The summed E-state index contributed by atoms with van der Waals surface area (Å²) < 4.78 is 1.93. The van der Waals surface area contributed by atoms with Crippen LogP contribution in [0.3, 0.4) is 0 Å². The SMILES string of the molecule is Brc1cc(Br)cc(-c2nc(-c3ccccc3)nc(-c3ccccc3)n2)c1.OB(O)C1=C2C=CC3=CC=CC4=CC=C(C=C1)C2C34.c1ccc(-c2nc(-c3ccccc3)nc(-c3cc(-c4ccc5ccc6cccc7ccc4c5c67)cc(-c4ccc5ccc6cccc7ccc4c5c67)c3)n2)cc1. The van der Waals surface area contributed by atoms with Gasteiger partial charge < -0.3 is 10.0 Å². The Morgan fingerprint density at radius 1 is 0.277 bits per heavy atom. The van der Waals surface area contributed by atoms with Crippen LogP contribution in [0.15, 0.2) is 358 Å². The predicted octanol–water partition coefficient (Wildman–Crippen LogP) is 22.4. The molecule has 11 heteroatoms. The van der Waals surface area contributed by atoms with Crippen LogP contribution in [0.25, 0.3) is 155 Å². The van der Waals surface area contributed by atoms with E-state index in [1.165, 1.54) is 92.5 Å². The minimum absolute atomic E-state index is 0.225. The number of aromatic nitrogens is 6. The van der Waals surface area contributed by atoms with Gasteiger partial charge in [-0.05, 0) is 151 Å². The second-order valence-corrected chi connectivity index (χ2v) is 27.6. The highest BCUT2D eigenvalue weighted by Gasteiger charge is 2.39. The smallest absolute Gasteiger partial charge is 0.423 e. The van der Waals surface area contributed by atoms with Gasteiger partial charge in [0.25, 0.3) is 0 Å². The van der Waals surface area contributed by atoms with E-state index in [4.69, 9.17) is 29.9 Å². The van der Waals surface area contributed by atoms with Gasteiger partial charge >= 0.3 is 7.12 Å². The maximum Gasteiger partial charge on any atom is 0.488 e. The first-order valence-electron chi connectivity index (χ1n) is 33.6. The van der Waals surface area contributed by atoms with Crippen molar-refractivity contribution in [3.05, 3.63) is 358 Å². The van der Waals surface area contributed by atoms with Crippen molar-refractivity contribution in [3.63, 3.8) is 0 Å². The Morgan fingerprint density at radius 2 is 0.624 bits per heavy atom. The van der Waals surface area contributed by atoms with Crippen LogP contribution in [-0.2, 0) is 0 Å². The Morgan fingerprint density at radius 3 is 1.05 bits per heavy atom. The summed E-state index contributed by atoms with van der Waals surface area (Å²) in [6.07, 6.45) is 18.6. The molecule has 0 saturated heterocycles. The fourth-order valence-electron chi connectivity index (χ4n) is 15.1. The highest BCUT2D eigenvalue weighted by molar-refractivity contribution is 9.11. The van der Waals surface area contributed by atoms with Crippen LogP contribution < -0.4 is 0 Å². The van der Waals surface area contributed by atoms with Crippen molar-refractivity contribution in [2.75, 3.05) is 0 Å². The molecule has 101 heavy (non-hydrogen) atoms. The third-order valence-electron chi connectivity index (χ3n) is 19.7. The molecule has 16 aromatic rings. The number of hydrogen-bond donors (Lipinski definition) is 2. The molecule has 4 aliphatic rings. The van der Waals surface area contributed by atoms with Gasteiger partial charge in [0.2, 0.25) is 0 Å². The first-order valence-corrected chi connectivity index (χ1v) is 35.2. The first kappa shape index (κ1) is 61.6. The Balaban J connectivity index is 0.000000133. The van der Waals surface area contributed by atoms with E-state index in [9.17, 15) is 10.0 Å². The molecule has 0 fully saturated rings. The molecule has 2 unspecified atom stereocenters. The number of benzene rings is 14. The summed E-state index contributed by atoms with van der Waals surface area (Å²) in [5.41, 5.74) is 15.8. The molecule has 0 aliphatic heterocycles. The fraction of sp³-hybridized carbons (Fsp3) is 0.0222. The van der Waals surface area contributed by atoms with Crippen molar-refractivity contribution in [1.82, 2.24) is 29.9 Å². The maximum absolute atomic E-state index is 9.53. The summed E-state index contributed by atoms with van der Waals surface area (Å²) in [6, 6.07) is 93.6. The zero-order valence-corrected chi connectivity index (χ0v) is 57.3. The normalized spacial score (nSPS) is 15.0. The van der Waals surface area contributed by atoms with E-state index in [-0.39, 0.29) is 5.92 Å². The average molecular weight is 1430 g/mol. The van der Waals surface area contributed by atoms with Crippen LogP contribution in [0, 0.1) is 11.8 Å². The quantitative estimate of drug-likeness (QED) is 0.108. The largest absolute Gasteiger partial charge is 0.488 e. The lowest BCUT2D eigenvalue weighted by atomic mass is 9.59. The molecule has 476 valence electrons. The molecule has 2 heterocycles. The van der Waals surface area contributed by atoms with Crippen LogP contribution in [0.2, 0.25) is 0 Å². The topological polar surface area (TPSA) is 118 Å². The van der Waals surface area contributed by atoms with Gasteiger partial charge in [0.1, 0.15) is 0 Å². The molecule has 14 aromatic carbocycles. The van der Waals surface area contributed by atoms with Crippen molar-refractivity contribution in [2.45, 2.75) is 0 Å². The standard InChI is InChI=1S/C53H31N3.C21H13Br2N3.C16H13BO2/c1-3-9-38(10-4-1)51-54-52(39-11-5-2-6-12-39)56-53(55-51)42-30-40(43-25-21-36-19-17-32-13-7-15-34-23-27-45(43)49(36)47(32)34)29-41(31-42)44-26-22-37-20-18-33-14-8-16-35-24-28-46(44)50(37)48(33)35;22-17-11-16(12-18(23)13-17)21-25-19(14-7-3-1-4-8-14)24-20(26-21)15-9-5-2-6-10-15;18-17(19)14-9-7-12-5-4-10-2-1-3-11-6-8-13(14)16(12)15(10)11/h1-31H;1-13H;1-9,15-16,18-19H. The molecule has 0 bridgehead atoms. The van der Waals surface area contributed by atoms with Crippen LogP contribution in [-0.4, -0.2) is 47.1 Å². The lowest BCUT2D eigenvalue weighted by Gasteiger charge is -2.40. The van der Waals surface area contributed by atoms with E-state index in [1.807, 2.05) is 133 Å². The van der Waals surface area contributed by atoms with Gasteiger partial charge in [-0.3, -0.25) is 0 Å². The molecule has 0 radical (unpaired) electrons. The highest BCUT2D eigenvalue weighted by atomic mass is 79.9. The number of halogens is 2. The molecule has 2 N–H and O–H groups in total. The van der Waals surface area contributed by atoms with Crippen molar-refractivity contribution in [2.24, 2.45) is 11.8 Å². The Kier molecular flexibility index (Phi) is 15.8. The van der Waals surface area contributed by atoms with Crippen molar-refractivity contribution in [3.8, 4) is 90.6 Å². The molecular weight excluding hydrogens is 1370 g/mol. The predicted molar refractivity (Wildman–Crippen MR) is 422 cm³/mol. The van der Waals surface area contributed by atoms with Gasteiger partial charge in [0.15, 0.2) is 34.9 Å². The molecule has 0 amide bonds. The summed E-state index contributed by atoms with van der Waals surface area (Å²) in [6.45, 7) is 0. The molecule has 0 spiro atoms. The summed E-state index contributed by atoms with van der Waals surface area (Å²) >= 11 is 7.07. The maximum atomic E-state index is 9.53. The van der Waals surface area contributed by atoms with Crippen molar-refractivity contribution < 1.29 is 10.0 Å². The minimum Gasteiger partial charge on any atom is -0.423 e. The van der Waals surface area contributed by atoms with Gasteiger partial charge in [-0.25, -0.2) is 29.9 Å². The van der Waals surface area contributed by atoms with Crippen LogP contribution in [0.5, 0.6) is 0 Å². The van der Waals surface area contributed by atoms with Gasteiger partial charge in [-0.2, -0.15) is 0 Å². The van der Waals surface area contributed by atoms with E-state index < -0.39 is 7.12 Å². The monoisotopic (exact) mass is 1420 g/mol. The summed E-state index contributed by atoms with van der Waals surface area (Å²) in [5, 5.41) is 34.3. The number of rotatable bonds is 9. The number of nitrogens with zero attached hydrogens (tertiary/aromatic N) is 6. The van der Waals surface area contributed by atoms with Gasteiger partial charge in [-0.1, -0.05) is 317 Å². The zero-order chi connectivity index (χ0) is 67.7.